The molecule has 1 aromatic rings. The number of nitrogens with zero attached hydrogens (tertiary/aromatic N) is 1. The van der Waals surface area contributed by atoms with Gasteiger partial charge in [-0.2, -0.15) is 0 Å². The van der Waals surface area contributed by atoms with E-state index in [1.165, 1.54) is 5.56 Å². The van der Waals surface area contributed by atoms with Crippen LogP contribution in [0.3, 0.4) is 0 Å². The quantitative estimate of drug-likeness (QED) is 0.760. The van der Waals surface area contributed by atoms with Crippen LogP contribution in [-0.4, -0.2) is 31.8 Å². The van der Waals surface area contributed by atoms with Crippen molar-refractivity contribution in [3.63, 3.8) is 0 Å². The minimum atomic E-state index is -1.65. The second-order valence-corrected chi connectivity index (χ2v) is 12.7. The fourth-order valence-corrected chi connectivity index (χ4v) is 3.85. The first-order chi connectivity index (χ1) is 9.29. The molecule has 1 atom stereocenters. The van der Waals surface area contributed by atoms with E-state index in [-0.39, 0.29) is 5.04 Å². The first-order valence-corrected chi connectivity index (χ1v) is 11.1. The molecule has 0 aliphatic carbocycles. The second-order valence-electron chi connectivity index (χ2n) is 6.84. The number of benzene rings is 1. The molecule has 0 spiro atoms. The molecule has 0 fully saturated rings. The maximum absolute atomic E-state index is 6.28. The molecular weight excluding hydrogens is 282 g/mol. The van der Waals surface area contributed by atoms with Crippen LogP contribution < -0.4 is 0 Å². The smallest absolute Gasteiger partial charge is 0.192 e. The lowest BCUT2D eigenvalue weighted by Crippen LogP contribution is -2.42. The zero-order chi connectivity index (χ0) is 14.8. The van der Waals surface area contributed by atoms with Crippen LogP contribution >= 0.6 is 11.8 Å². The summed E-state index contributed by atoms with van der Waals surface area (Å²) in [6.07, 6.45) is 0. The highest BCUT2D eigenvalue weighted by Crippen LogP contribution is 2.37. The molecule has 1 unspecified atom stereocenters. The molecule has 0 bridgehead atoms. The topological polar surface area (TPSA) is 21.6 Å². The molecule has 0 amide bonds. The summed E-state index contributed by atoms with van der Waals surface area (Å²) >= 11 is 1.85. The van der Waals surface area contributed by atoms with Crippen LogP contribution in [0.5, 0.6) is 0 Å². The fourth-order valence-electron chi connectivity index (χ4n) is 1.76. The van der Waals surface area contributed by atoms with E-state index in [4.69, 9.17) is 9.42 Å². The van der Waals surface area contributed by atoms with Crippen molar-refractivity contribution in [2.24, 2.45) is 4.99 Å². The Balaban J connectivity index is 1.95. The van der Waals surface area contributed by atoms with Crippen LogP contribution in [0.15, 0.2) is 35.3 Å². The molecule has 0 N–H and O–H groups in total. The Bertz CT molecular complexity index is 479. The van der Waals surface area contributed by atoms with Crippen molar-refractivity contribution in [3.05, 3.63) is 35.9 Å². The van der Waals surface area contributed by atoms with Crippen molar-refractivity contribution in [3.8, 4) is 0 Å². The molecule has 20 heavy (non-hydrogen) atoms. The van der Waals surface area contributed by atoms with Crippen LogP contribution in [-0.2, 0) is 4.43 Å². The van der Waals surface area contributed by atoms with E-state index in [9.17, 15) is 0 Å². The highest BCUT2D eigenvalue weighted by Gasteiger charge is 2.37. The number of aliphatic imine (C=N–C) groups is 1. The Morgan fingerprint density at radius 3 is 2.50 bits per heavy atom. The van der Waals surface area contributed by atoms with Crippen molar-refractivity contribution in [1.29, 1.82) is 0 Å². The summed E-state index contributed by atoms with van der Waals surface area (Å²) in [6, 6.07) is 10.7. The first-order valence-electron chi connectivity index (χ1n) is 7.19. The van der Waals surface area contributed by atoms with Gasteiger partial charge in [-0.05, 0) is 18.1 Å². The molecule has 0 saturated heterocycles. The fraction of sp³-hybridized carbons (Fsp3) is 0.562. The molecule has 1 aliphatic rings. The molecular formula is C16H25NOSSi. The molecule has 2 rings (SSSR count). The predicted molar refractivity (Wildman–Crippen MR) is 92.4 cm³/mol. The zero-order valence-corrected chi connectivity index (χ0v) is 15.0. The van der Waals surface area contributed by atoms with Gasteiger partial charge in [0.2, 0.25) is 0 Å². The van der Waals surface area contributed by atoms with Crippen molar-refractivity contribution in [2.75, 3.05) is 12.4 Å². The van der Waals surface area contributed by atoms with Crippen molar-refractivity contribution in [1.82, 2.24) is 0 Å². The van der Waals surface area contributed by atoms with Gasteiger partial charge in [0.15, 0.2) is 8.32 Å². The predicted octanol–water partition coefficient (Wildman–Crippen LogP) is 4.57. The molecule has 0 radical (unpaired) electrons. The van der Waals surface area contributed by atoms with E-state index in [1.54, 1.807) is 0 Å². The minimum Gasteiger partial charge on any atom is -0.415 e. The molecule has 0 aromatic heterocycles. The molecule has 110 valence electrons. The highest BCUT2D eigenvalue weighted by atomic mass is 32.2. The third-order valence-corrected chi connectivity index (χ3v) is 9.84. The number of hydrogen-bond acceptors (Lipinski definition) is 3. The van der Waals surface area contributed by atoms with Gasteiger partial charge in [-0.1, -0.05) is 51.1 Å². The van der Waals surface area contributed by atoms with Gasteiger partial charge >= 0.3 is 0 Å². The van der Waals surface area contributed by atoms with E-state index < -0.39 is 8.32 Å². The van der Waals surface area contributed by atoms with Crippen molar-refractivity contribution in [2.45, 2.75) is 44.9 Å². The maximum Gasteiger partial charge on any atom is 0.192 e. The van der Waals surface area contributed by atoms with Gasteiger partial charge in [-0.15, -0.1) is 11.8 Å². The van der Waals surface area contributed by atoms with E-state index in [0.29, 0.717) is 6.04 Å². The van der Waals surface area contributed by atoms with Crippen LogP contribution in [0, 0.1) is 0 Å². The van der Waals surface area contributed by atoms with E-state index in [2.05, 4.69) is 58.1 Å². The Hall–Kier alpha value is -0.583. The van der Waals surface area contributed by atoms with Gasteiger partial charge in [0.25, 0.3) is 0 Å². The second kappa shape index (κ2) is 6.04. The monoisotopic (exact) mass is 307 g/mol. The molecule has 0 saturated carbocycles. The Kier molecular flexibility index (Phi) is 4.77. The largest absolute Gasteiger partial charge is 0.415 e. The van der Waals surface area contributed by atoms with Gasteiger partial charge in [-0.25, -0.2) is 0 Å². The van der Waals surface area contributed by atoms with Gasteiger partial charge in [0, 0.05) is 11.3 Å². The van der Waals surface area contributed by atoms with Gasteiger partial charge < -0.3 is 4.43 Å². The van der Waals surface area contributed by atoms with Crippen molar-refractivity contribution < 1.29 is 4.43 Å². The Labute approximate surface area is 128 Å². The Morgan fingerprint density at radius 1 is 1.25 bits per heavy atom. The van der Waals surface area contributed by atoms with Gasteiger partial charge in [0.1, 0.15) is 0 Å². The van der Waals surface area contributed by atoms with Crippen LogP contribution in [0.25, 0.3) is 0 Å². The third-order valence-electron chi connectivity index (χ3n) is 4.18. The standard InChI is InChI=1S/C16H25NOSSi/c1-16(2,3)20(4,5)18-11-14-12-19-15(17-14)13-9-7-6-8-10-13/h6-10,14H,11-12H2,1-5H3. The maximum atomic E-state index is 6.28. The summed E-state index contributed by atoms with van der Waals surface area (Å²) in [5, 5.41) is 1.43. The van der Waals surface area contributed by atoms with E-state index >= 15 is 0 Å². The Morgan fingerprint density at radius 2 is 1.90 bits per heavy atom. The normalized spacial score (nSPS) is 20.1. The molecule has 1 heterocycles. The molecule has 1 aromatic carbocycles. The summed E-state index contributed by atoms with van der Waals surface area (Å²) in [7, 11) is -1.65. The number of hydrogen-bond donors (Lipinski definition) is 0. The van der Waals surface area contributed by atoms with Crippen LogP contribution in [0.1, 0.15) is 26.3 Å². The first kappa shape index (κ1) is 15.8. The highest BCUT2D eigenvalue weighted by molar-refractivity contribution is 8.14. The van der Waals surface area contributed by atoms with E-state index in [0.717, 1.165) is 17.4 Å². The van der Waals surface area contributed by atoms with E-state index in [1.807, 2.05) is 17.8 Å². The van der Waals surface area contributed by atoms with Gasteiger partial charge in [-0.3, -0.25) is 4.99 Å². The summed E-state index contributed by atoms with van der Waals surface area (Å²) in [4.78, 5) is 4.82. The summed E-state index contributed by atoms with van der Waals surface area (Å²) in [5.41, 5.74) is 1.23. The third kappa shape index (κ3) is 3.74. The average Bonchev–Trinajstić information content (AvgIpc) is 2.85. The van der Waals surface area contributed by atoms with Crippen molar-refractivity contribution >= 4 is 25.1 Å². The van der Waals surface area contributed by atoms with Gasteiger partial charge in [0.05, 0.1) is 17.7 Å². The molecule has 4 heteroatoms. The average molecular weight is 308 g/mol. The molecule has 2 nitrogen and oxygen atoms in total. The van der Waals surface area contributed by atoms with Crippen LogP contribution in [0.4, 0.5) is 0 Å². The lowest BCUT2D eigenvalue weighted by atomic mass is 10.2. The summed E-state index contributed by atoms with van der Waals surface area (Å²) < 4.78 is 6.28. The summed E-state index contributed by atoms with van der Waals surface area (Å²) in [5.74, 6) is 1.04. The SMILES string of the molecule is CC(C)(C)[Si](C)(C)OCC1CSC(c2ccccc2)=N1. The molecule has 1 aliphatic heterocycles. The van der Waals surface area contributed by atoms with Crippen LogP contribution in [0.2, 0.25) is 18.1 Å². The number of rotatable bonds is 4. The minimum absolute atomic E-state index is 0.269. The summed E-state index contributed by atoms with van der Waals surface area (Å²) in [6.45, 7) is 12.2. The lowest BCUT2D eigenvalue weighted by molar-refractivity contribution is 0.273. The lowest BCUT2D eigenvalue weighted by Gasteiger charge is -2.36. The zero-order valence-electron chi connectivity index (χ0n) is 13.1. The number of thioether (sulfide) groups is 1.